The van der Waals surface area contributed by atoms with Crippen LogP contribution in [0.3, 0.4) is 0 Å². The van der Waals surface area contributed by atoms with Gasteiger partial charge in [-0.15, -0.1) is 0 Å². The number of nitrogens with two attached hydrogens (primary N) is 1. The highest BCUT2D eigenvalue weighted by Crippen LogP contribution is 2.28. The maximum Gasteiger partial charge on any atom is 0.128 e. The lowest BCUT2D eigenvalue weighted by Crippen LogP contribution is -2.03. The zero-order valence-corrected chi connectivity index (χ0v) is 12.8. The van der Waals surface area contributed by atoms with Crippen molar-refractivity contribution in [3.05, 3.63) is 57.6 Å². The molecule has 0 heterocycles. The minimum absolute atomic E-state index is 0.649. The standard InChI is InChI=1S/C16H18BrNO/c1-11-7-12(2)9-15(8-11)19-14-4-3-13(5-6-18)16(17)10-14/h3-4,7-10H,5-6,18H2,1-2H3. The molecule has 0 saturated heterocycles. The third kappa shape index (κ3) is 3.82. The molecule has 0 aliphatic heterocycles. The zero-order valence-electron chi connectivity index (χ0n) is 11.2. The van der Waals surface area contributed by atoms with Gasteiger partial charge in [-0.3, -0.25) is 0 Å². The smallest absolute Gasteiger partial charge is 0.128 e. The largest absolute Gasteiger partial charge is 0.457 e. The molecule has 2 aromatic carbocycles. The van der Waals surface area contributed by atoms with Crippen molar-refractivity contribution in [1.82, 2.24) is 0 Å². The summed E-state index contributed by atoms with van der Waals surface area (Å²) in [6.45, 7) is 4.79. The summed E-state index contributed by atoms with van der Waals surface area (Å²) in [5.74, 6) is 1.70. The van der Waals surface area contributed by atoms with Crippen molar-refractivity contribution >= 4 is 15.9 Å². The Morgan fingerprint density at radius 2 is 1.68 bits per heavy atom. The molecule has 0 atom stereocenters. The molecule has 100 valence electrons. The molecular weight excluding hydrogens is 302 g/mol. The van der Waals surface area contributed by atoms with Crippen LogP contribution in [0.1, 0.15) is 16.7 Å². The Kier molecular flexibility index (Phi) is 4.61. The molecule has 0 aliphatic rings. The Bertz CT molecular complexity index is 561. The molecule has 2 N–H and O–H groups in total. The zero-order chi connectivity index (χ0) is 13.8. The third-order valence-electron chi connectivity index (χ3n) is 2.87. The molecular formula is C16H18BrNO. The molecule has 0 saturated carbocycles. The number of hydrogen-bond donors (Lipinski definition) is 1. The van der Waals surface area contributed by atoms with Gasteiger partial charge in [-0.1, -0.05) is 28.1 Å². The van der Waals surface area contributed by atoms with Crippen molar-refractivity contribution < 1.29 is 4.74 Å². The van der Waals surface area contributed by atoms with Crippen LogP contribution in [0.15, 0.2) is 40.9 Å². The molecule has 0 radical (unpaired) electrons. The van der Waals surface area contributed by atoms with Crippen molar-refractivity contribution in [2.45, 2.75) is 20.3 Å². The molecule has 0 aromatic heterocycles. The fourth-order valence-corrected chi connectivity index (χ4v) is 2.63. The average molecular weight is 320 g/mol. The Balaban J connectivity index is 2.21. The van der Waals surface area contributed by atoms with E-state index in [0.717, 1.165) is 22.4 Å². The van der Waals surface area contributed by atoms with Gasteiger partial charge in [0.25, 0.3) is 0 Å². The maximum absolute atomic E-state index is 5.89. The first-order valence-corrected chi connectivity index (χ1v) is 7.12. The Labute approximate surface area is 122 Å². The summed E-state index contributed by atoms with van der Waals surface area (Å²) in [6, 6.07) is 12.2. The second kappa shape index (κ2) is 6.22. The van der Waals surface area contributed by atoms with Crippen molar-refractivity contribution in [2.75, 3.05) is 6.54 Å². The van der Waals surface area contributed by atoms with E-state index < -0.39 is 0 Å². The van der Waals surface area contributed by atoms with Crippen LogP contribution in [0, 0.1) is 13.8 Å². The van der Waals surface area contributed by atoms with Crippen molar-refractivity contribution in [2.24, 2.45) is 5.73 Å². The summed E-state index contributed by atoms with van der Waals surface area (Å²) in [4.78, 5) is 0. The third-order valence-corrected chi connectivity index (χ3v) is 3.61. The van der Waals surface area contributed by atoms with E-state index in [-0.39, 0.29) is 0 Å². The van der Waals surface area contributed by atoms with E-state index in [1.54, 1.807) is 0 Å². The van der Waals surface area contributed by atoms with Crippen LogP contribution < -0.4 is 10.5 Å². The number of hydrogen-bond acceptors (Lipinski definition) is 2. The Morgan fingerprint density at radius 3 is 2.26 bits per heavy atom. The molecule has 19 heavy (non-hydrogen) atoms. The second-order valence-electron chi connectivity index (χ2n) is 4.72. The molecule has 0 fully saturated rings. The van der Waals surface area contributed by atoms with E-state index in [4.69, 9.17) is 10.5 Å². The van der Waals surface area contributed by atoms with Crippen LogP contribution in [0.25, 0.3) is 0 Å². The van der Waals surface area contributed by atoms with E-state index in [1.807, 2.05) is 24.3 Å². The van der Waals surface area contributed by atoms with Gasteiger partial charge in [0.05, 0.1) is 0 Å². The highest BCUT2D eigenvalue weighted by Gasteiger charge is 2.04. The first-order valence-electron chi connectivity index (χ1n) is 6.33. The average Bonchev–Trinajstić information content (AvgIpc) is 2.31. The molecule has 3 heteroatoms. The molecule has 0 spiro atoms. The maximum atomic E-state index is 5.89. The molecule has 0 unspecified atom stereocenters. The molecule has 2 aromatic rings. The van der Waals surface area contributed by atoms with Crippen LogP contribution in [0.2, 0.25) is 0 Å². The Morgan fingerprint density at radius 1 is 1.00 bits per heavy atom. The van der Waals surface area contributed by atoms with Gasteiger partial charge in [0, 0.05) is 4.47 Å². The summed E-state index contributed by atoms with van der Waals surface area (Å²) in [7, 11) is 0. The lowest BCUT2D eigenvalue weighted by molar-refractivity contribution is 0.481. The number of rotatable bonds is 4. The minimum atomic E-state index is 0.649. The van der Waals surface area contributed by atoms with E-state index in [0.29, 0.717) is 6.54 Å². The van der Waals surface area contributed by atoms with Crippen LogP contribution in [-0.4, -0.2) is 6.54 Å². The lowest BCUT2D eigenvalue weighted by atomic mass is 10.1. The SMILES string of the molecule is Cc1cc(C)cc(Oc2ccc(CCN)c(Br)c2)c1. The topological polar surface area (TPSA) is 35.2 Å². The number of ether oxygens (including phenoxy) is 1. The highest BCUT2D eigenvalue weighted by atomic mass is 79.9. The van der Waals surface area contributed by atoms with Gasteiger partial charge in [0.1, 0.15) is 11.5 Å². The second-order valence-corrected chi connectivity index (χ2v) is 5.57. The van der Waals surface area contributed by atoms with E-state index >= 15 is 0 Å². The minimum Gasteiger partial charge on any atom is -0.457 e. The van der Waals surface area contributed by atoms with Crippen LogP contribution in [0.4, 0.5) is 0 Å². The fourth-order valence-electron chi connectivity index (χ4n) is 2.08. The molecule has 0 aliphatic carbocycles. The van der Waals surface area contributed by atoms with Crippen LogP contribution in [0.5, 0.6) is 11.5 Å². The predicted molar refractivity (Wildman–Crippen MR) is 82.9 cm³/mol. The van der Waals surface area contributed by atoms with Gasteiger partial charge in [0.2, 0.25) is 0 Å². The Hall–Kier alpha value is -1.32. The molecule has 0 bridgehead atoms. The van der Waals surface area contributed by atoms with Gasteiger partial charge in [-0.2, -0.15) is 0 Å². The number of halogens is 1. The van der Waals surface area contributed by atoms with E-state index in [9.17, 15) is 0 Å². The van der Waals surface area contributed by atoms with Crippen LogP contribution in [-0.2, 0) is 6.42 Å². The highest BCUT2D eigenvalue weighted by molar-refractivity contribution is 9.10. The summed E-state index contributed by atoms with van der Waals surface area (Å²) >= 11 is 3.55. The summed E-state index contributed by atoms with van der Waals surface area (Å²) in [5, 5.41) is 0. The van der Waals surface area contributed by atoms with Crippen molar-refractivity contribution in [1.29, 1.82) is 0 Å². The summed E-state index contributed by atoms with van der Waals surface area (Å²) in [5.41, 5.74) is 9.18. The van der Waals surface area contributed by atoms with Gasteiger partial charge < -0.3 is 10.5 Å². The monoisotopic (exact) mass is 319 g/mol. The van der Waals surface area contributed by atoms with Crippen LogP contribution >= 0.6 is 15.9 Å². The van der Waals surface area contributed by atoms with Gasteiger partial charge in [-0.05, 0) is 67.8 Å². The van der Waals surface area contributed by atoms with Gasteiger partial charge in [-0.25, -0.2) is 0 Å². The lowest BCUT2D eigenvalue weighted by Gasteiger charge is -2.10. The van der Waals surface area contributed by atoms with Crippen molar-refractivity contribution in [3.63, 3.8) is 0 Å². The predicted octanol–water partition coefficient (Wildman–Crippen LogP) is 4.36. The van der Waals surface area contributed by atoms with Gasteiger partial charge in [0.15, 0.2) is 0 Å². The van der Waals surface area contributed by atoms with E-state index in [2.05, 4.69) is 41.9 Å². The molecule has 2 nitrogen and oxygen atoms in total. The summed E-state index contributed by atoms with van der Waals surface area (Å²) in [6.07, 6.45) is 0.865. The number of benzene rings is 2. The van der Waals surface area contributed by atoms with Gasteiger partial charge >= 0.3 is 0 Å². The first kappa shape index (κ1) is 14.1. The van der Waals surface area contributed by atoms with Crippen molar-refractivity contribution in [3.8, 4) is 11.5 Å². The molecule has 2 rings (SSSR count). The summed E-state index contributed by atoms with van der Waals surface area (Å²) < 4.78 is 6.93. The molecule has 0 amide bonds. The fraction of sp³-hybridized carbons (Fsp3) is 0.250. The number of aryl methyl sites for hydroxylation is 2. The first-order chi connectivity index (χ1) is 9.08. The van der Waals surface area contributed by atoms with E-state index in [1.165, 1.54) is 16.7 Å². The normalized spacial score (nSPS) is 10.5. The quantitative estimate of drug-likeness (QED) is 0.908.